The van der Waals surface area contributed by atoms with Gasteiger partial charge < -0.3 is 15.8 Å². The van der Waals surface area contributed by atoms with Crippen molar-refractivity contribution in [3.8, 4) is 11.6 Å². The average molecular weight is 343 g/mol. The first-order chi connectivity index (χ1) is 12.7. The zero-order chi connectivity index (χ0) is 17.9. The molecule has 0 saturated heterocycles. The van der Waals surface area contributed by atoms with Gasteiger partial charge in [-0.1, -0.05) is 35.9 Å². The van der Waals surface area contributed by atoms with Crippen LogP contribution < -0.4 is 15.8 Å². The van der Waals surface area contributed by atoms with Crippen LogP contribution >= 0.6 is 0 Å². The first kappa shape index (κ1) is 15.8. The van der Waals surface area contributed by atoms with Crippen molar-refractivity contribution >= 4 is 28.1 Å². The van der Waals surface area contributed by atoms with Gasteiger partial charge in [-0.05, 0) is 31.2 Å². The highest BCUT2D eigenvalue weighted by Gasteiger charge is 2.12. The third kappa shape index (κ3) is 3.12. The van der Waals surface area contributed by atoms with Crippen LogP contribution in [0.3, 0.4) is 0 Å². The van der Waals surface area contributed by atoms with E-state index in [9.17, 15) is 0 Å². The molecule has 0 unspecified atom stereocenters. The van der Waals surface area contributed by atoms with Gasteiger partial charge in [0.15, 0.2) is 11.6 Å². The second-order valence-electron chi connectivity index (χ2n) is 5.87. The number of aryl methyl sites for hydroxylation is 1. The average Bonchev–Trinajstić information content (AvgIpc) is 2.67. The van der Waals surface area contributed by atoms with Gasteiger partial charge in [0, 0.05) is 17.3 Å². The zero-order valence-electron chi connectivity index (χ0n) is 14.2. The third-order valence-corrected chi connectivity index (χ3v) is 3.96. The van der Waals surface area contributed by atoms with Crippen LogP contribution in [-0.4, -0.2) is 15.0 Å². The fourth-order valence-electron chi connectivity index (χ4n) is 2.60. The van der Waals surface area contributed by atoms with Crippen molar-refractivity contribution in [2.75, 3.05) is 11.1 Å². The van der Waals surface area contributed by atoms with E-state index in [-0.39, 0.29) is 5.88 Å². The van der Waals surface area contributed by atoms with Crippen molar-refractivity contribution in [2.24, 2.45) is 0 Å². The van der Waals surface area contributed by atoms with Crippen LogP contribution in [-0.2, 0) is 0 Å². The Hall–Kier alpha value is -3.67. The number of ether oxygens (including phenoxy) is 1. The number of rotatable bonds is 4. The van der Waals surface area contributed by atoms with Crippen LogP contribution in [0.4, 0.5) is 17.2 Å². The lowest BCUT2D eigenvalue weighted by atomic mass is 10.2. The predicted octanol–water partition coefficient (Wildman–Crippen LogP) is 4.45. The Bertz CT molecular complexity index is 1060. The summed E-state index contributed by atoms with van der Waals surface area (Å²) >= 11 is 0. The highest BCUT2D eigenvalue weighted by Crippen LogP contribution is 2.33. The first-order valence-corrected chi connectivity index (χ1v) is 8.16. The minimum absolute atomic E-state index is 0.285. The van der Waals surface area contributed by atoms with E-state index in [2.05, 4.69) is 20.3 Å². The van der Waals surface area contributed by atoms with Crippen molar-refractivity contribution in [2.45, 2.75) is 6.92 Å². The number of anilines is 3. The topological polar surface area (TPSA) is 86.0 Å². The number of pyridine rings is 1. The predicted molar refractivity (Wildman–Crippen MR) is 103 cm³/mol. The van der Waals surface area contributed by atoms with Gasteiger partial charge in [-0.3, -0.25) is 4.98 Å². The molecule has 0 aliphatic heterocycles. The van der Waals surface area contributed by atoms with Crippen LogP contribution in [0, 0.1) is 6.92 Å². The number of hydrogen-bond donors (Lipinski definition) is 2. The molecule has 0 fully saturated rings. The lowest BCUT2D eigenvalue weighted by Gasteiger charge is -2.12. The summed E-state index contributed by atoms with van der Waals surface area (Å²) in [5.74, 6) is 1.37. The van der Waals surface area contributed by atoms with Gasteiger partial charge in [0.2, 0.25) is 5.88 Å². The molecular formula is C20H17N5O. The van der Waals surface area contributed by atoms with E-state index in [0.717, 1.165) is 16.6 Å². The Morgan fingerprint density at radius 2 is 1.73 bits per heavy atom. The molecule has 4 rings (SSSR count). The molecule has 0 radical (unpaired) electrons. The molecule has 128 valence electrons. The number of benzene rings is 2. The van der Waals surface area contributed by atoms with E-state index in [1.807, 2.05) is 61.5 Å². The minimum atomic E-state index is 0.285. The van der Waals surface area contributed by atoms with Crippen molar-refractivity contribution in [1.29, 1.82) is 0 Å². The molecule has 3 N–H and O–H groups in total. The number of fused-ring (bicyclic) bond motifs is 1. The number of nitrogens with two attached hydrogens (primary N) is 1. The number of nitrogens with zero attached hydrogens (tertiary/aromatic N) is 3. The quantitative estimate of drug-likeness (QED) is 0.569. The summed E-state index contributed by atoms with van der Waals surface area (Å²) in [6.45, 7) is 2.03. The lowest BCUT2D eigenvalue weighted by molar-refractivity contribution is 0.469. The summed E-state index contributed by atoms with van der Waals surface area (Å²) in [5, 5.41) is 4.17. The fourth-order valence-corrected chi connectivity index (χ4v) is 2.60. The van der Waals surface area contributed by atoms with Crippen molar-refractivity contribution < 1.29 is 4.74 Å². The van der Waals surface area contributed by atoms with Crippen LogP contribution in [0.25, 0.3) is 10.9 Å². The molecule has 0 spiro atoms. The Morgan fingerprint density at radius 3 is 2.58 bits per heavy atom. The molecule has 0 saturated carbocycles. The van der Waals surface area contributed by atoms with E-state index < -0.39 is 0 Å². The van der Waals surface area contributed by atoms with E-state index in [1.54, 1.807) is 6.20 Å². The van der Waals surface area contributed by atoms with E-state index >= 15 is 0 Å². The maximum Gasteiger partial charge on any atom is 0.248 e. The first-order valence-electron chi connectivity index (χ1n) is 8.16. The Balaban J connectivity index is 1.66. The number of aromatic nitrogens is 3. The largest absolute Gasteiger partial charge is 0.435 e. The molecule has 0 atom stereocenters. The monoisotopic (exact) mass is 343 g/mol. The van der Waals surface area contributed by atoms with Gasteiger partial charge in [-0.25, -0.2) is 4.98 Å². The van der Waals surface area contributed by atoms with Crippen LogP contribution in [0.15, 0.2) is 67.1 Å². The molecular weight excluding hydrogens is 326 g/mol. The number of nitrogens with one attached hydrogen (secondary N) is 1. The summed E-state index contributed by atoms with van der Waals surface area (Å²) in [4.78, 5) is 12.8. The third-order valence-electron chi connectivity index (χ3n) is 3.96. The summed E-state index contributed by atoms with van der Waals surface area (Å²) in [6.07, 6.45) is 3.14. The highest BCUT2D eigenvalue weighted by atomic mass is 16.5. The van der Waals surface area contributed by atoms with E-state index in [4.69, 9.17) is 10.5 Å². The van der Waals surface area contributed by atoms with Crippen molar-refractivity contribution in [1.82, 2.24) is 15.0 Å². The SMILES string of the molecule is Cc1ccc(Nc2ncnc(Oc3cccc4cccnc34)c2N)cc1. The van der Waals surface area contributed by atoms with E-state index in [1.165, 1.54) is 11.9 Å². The van der Waals surface area contributed by atoms with Crippen molar-refractivity contribution in [3.05, 3.63) is 72.7 Å². The second-order valence-corrected chi connectivity index (χ2v) is 5.87. The minimum Gasteiger partial charge on any atom is -0.435 e. The fraction of sp³-hybridized carbons (Fsp3) is 0.0500. The molecule has 26 heavy (non-hydrogen) atoms. The number of nitrogen functional groups attached to an aromatic ring is 1. The zero-order valence-corrected chi connectivity index (χ0v) is 14.2. The maximum absolute atomic E-state index is 6.22. The van der Waals surface area contributed by atoms with Crippen LogP contribution in [0.1, 0.15) is 5.56 Å². The molecule has 0 aliphatic carbocycles. The smallest absolute Gasteiger partial charge is 0.248 e. The molecule has 6 heteroatoms. The molecule has 0 bridgehead atoms. The molecule has 2 aromatic heterocycles. The summed E-state index contributed by atoms with van der Waals surface area (Å²) in [7, 11) is 0. The standard InChI is InChI=1S/C20H17N5O/c1-13-7-9-15(10-8-13)25-19-17(21)20(24-12-23-19)26-16-6-2-4-14-5-3-11-22-18(14)16/h2-12H,21H2,1H3,(H,23,24,25). The Kier molecular flexibility index (Phi) is 4.07. The Morgan fingerprint density at radius 1 is 0.923 bits per heavy atom. The molecule has 4 aromatic rings. The summed E-state index contributed by atoms with van der Waals surface area (Å²) in [5.41, 5.74) is 9.37. The lowest BCUT2D eigenvalue weighted by Crippen LogP contribution is -2.03. The second kappa shape index (κ2) is 6.68. The molecule has 2 aromatic carbocycles. The molecule has 0 amide bonds. The number of hydrogen-bond acceptors (Lipinski definition) is 6. The summed E-state index contributed by atoms with van der Waals surface area (Å²) < 4.78 is 5.94. The van der Waals surface area contributed by atoms with Gasteiger partial charge in [-0.15, -0.1) is 0 Å². The van der Waals surface area contributed by atoms with Gasteiger partial charge in [0.1, 0.15) is 17.5 Å². The van der Waals surface area contributed by atoms with Gasteiger partial charge in [0.05, 0.1) is 0 Å². The van der Waals surface area contributed by atoms with Gasteiger partial charge in [-0.2, -0.15) is 4.98 Å². The summed E-state index contributed by atoms with van der Waals surface area (Å²) in [6, 6.07) is 17.5. The highest BCUT2D eigenvalue weighted by molar-refractivity contribution is 5.84. The van der Waals surface area contributed by atoms with Crippen molar-refractivity contribution in [3.63, 3.8) is 0 Å². The molecule has 2 heterocycles. The van der Waals surface area contributed by atoms with Gasteiger partial charge in [0.25, 0.3) is 0 Å². The van der Waals surface area contributed by atoms with Crippen LogP contribution in [0.5, 0.6) is 11.6 Å². The van der Waals surface area contributed by atoms with E-state index in [0.29, 0.717) is 17.3 Å². The Labute approximate surface area is 150 Å². The molecule has 0 aliphatic rings. The number of para-hydroxylation sites is 1. The van der Waals surface area contributed by atoms with Crippen LogP contribution in [0.2, 0.25) is 0 Å². The normalized spacial score (nSPS) is 10.7. The van der Waals surface area contributed by atoms with Gasteiger partial charge >= 0.3 is 0 Å². The maximum atomic E-state index is 6.22. The molecule has 6 nitrogen and oxygen atoms in total.